The van der Waals surface area contributed by atoms with Gasteiger partial charge >= 0.3 is 0 Å². The highest BCUT2D eigenvalue weighted by atomic mass is 32.2. The van der Waals surface area contributed by atoms with Crippen molar-refractivity contribution in [3.8, 4) is 0 Å². The number of hydrogen-bond donors (Lipinski definition) is 1. The molecule has 2 aliphatic rings. The van der Waals surface area contributed by atoms with Crippen molar-refractivity contribution in [1.29, 1.82) is 0 Å². The summed E-state index contributed by atoms with van der Waals surface area (Å²) in [5.41, 5.74) is 0. The van der Waals surface area contributed by atoms with Gasteiger partial charge in [-0.25, -0.2) is 0 Å². The molecule has 2 nitrogen and oxygen atoms in total. The van der Waals surface area contributed by atoms with Crippen molar-refractivity contribution >= 4 is 28.7 Å². The number of nitrogens with zero attached hydrogens (tertiary/aromatic N) is 1. The quantitative estimate of drug-likeness (QED) is 0.828. The Labute approximate surface area is 114 Å². The van der Waals surface area contributed by atoms with E-state index in [4.69, 9.17) is 0 Å². The van der Waals surface area contributed by atoms with Crippen molar-refractivity contribution in [2.45, 2.75) is 62.5 Å². The maximum Gasteiger partial charge on any atom is 0.157 e. The minimum atomic E-state index is 0.686. The topological polar surface area (TPSA) is 24.4 Å². The maximum atomic E-state index is 4.63. The van der Waals surface area contributed by atoms with E-state index in [9.17, 15) is 0 Å². The average molecular weight is 272 g/mol. The Kier molecular flexibility index (Phi) is 5.54. The van der Waals surface area contributed by atoms with Crippen LogP contribution in [0.2, 0.25) is 0 Å². The minimum absolute atomic E-state index is 0.686. The molecule has 4 heteroatoms. The zero-order valence-corrected chi connectivity index (χ0v) is 12.6. The molecule has 0 aromatic rings. The summed E-state index contributed by atoms with van der Waals surface area (Å²) >= 11 is 4.09. The highest BCUT2D eigenvalue weighted by molar-refractivity contribution is 8.14. The van der Waals surface area contributed by atoms with Crippen molar-refractivity contribution in [1.82, 2.24) is 5.32 Å². The van der Waals surface area contributed by atoms with Gasteiger partial charge in [-0.15, -0.1) is 0 Å². The monoisotopic (exact) mass is 272 g/mol. The Morgan fingerprint density at radius 3 is 3.06 bits per heavy atom. The van der Waals surface area contributed by atoms with E-state index in [1.807, 2.05) is 11.8 Å². The Hall–Kier alpha value is 0.170. The molecule has 17 heavy (non-hydrogen) atoms. The highest BCUT2D eigenvalue weighted by Gasteiger charge is 2.27. The van der Waals surface area contributed by atoms with E-state index in [-0.39, 0.29) is 0 Å². The van der Waals surface area contributed by atoms with Crippen LogP contribution < -0.4 is 5.32 Å². The van der Waals surface area contributed by atoms with Crippen LogP contribution in [0.5, 0.6) is 0 Å². The average Bonchev–Trinajstić information content (AvgIpc) is 2.91. The van der Waals surface area contributed by atoms with Crippen LogP contribution in [-0.2, 0) is 0 Å². The maximum absolute atomic E-state index is 4.63. The van der Waals surface area contributed by atoms with Gasteiger partial charge in [0.2, 0.25) is 0 Å². The van der Waals surface area contributed by atoms with Crippen molar-refractivity contribution in [2.75, 3.05) is 12.3 Å². The zero-order valence-electron chi connectivity index (χ0n) is 10.9. The SMILES string of the molecule is CCCC1CN=C(NC2CCC(SCC)C2)S1. The number of aliphatic imine (C=N–C) groups is 1. The normalized spacial score (nSPS) is 32.8. The Morgan fingerprint density at radius 2 is 2.29 bits per heavy atom. The van der Waals surface area contributed by atoms with Gasteiger partial charge in [-0.1, -0.05) is 32.0 Å². The summed E-state index contributed by atoms with van der Waals surface area (Å²) in [6.07, 6.45) is 6.62. The van der Waals surface area contributed by atoms with Crippen LogP contribution in [0.25, 0.3) is 0 Å². The molecule has 3 unspecified atom stereocenters. The Balaban J connectivity index is 1.69. The van der Waals surface area contributed by atoms with E-state index < -0.39 is 0 Å². The molecule has 3 atom stereocenters. The predicted molar refractivity (Wildman–Crippen MR) is 81.3 cm³/mol. The number of rotatable bonds is 5. The van der Waals surface area contributed by atoms with Gasteiger partial charge in [-0.3, -0.25) is 4.99 Å². The van der Waals surface area contributed by atoms with Gasteiger partial charge < -0.3 is 5.32 Å². The molecule has 2 rings (SSSR count). The van der Waals surface area contributed by atoms with Gasteiger partial charge in [0.1, 0.15) is 0 Å². The summed E-state index contributed by atoms with van der Waals surface area (Å²) in [5.74, 6) is 1.26. The third kappa shape index (κ3) is 4.09. The lowest BCUT2D eigenvalue weighted by molar-refractivity contribution is 0.636. The van der Waals surface area contributed by atoms with Crippen LogP contribution in [0, 0.1) is 0 Å². The number of amidine groups is 1. The van der Waals surface area contributed by atoms with E-state index in [1.54, 1.807) is 0 Å². The summed E-state index contributed by atoms with van der Waals surface area (Å²) in [4.78, 5) is 4.63. The summed E-state index contributed by atoms with van der Waals surface area (Å²) in [7, 11) is 0. The molecule has 0 spiro atoms. The molecule has 0 radical (unpaired) electrons. The second-order valence-electron chi connectivity index (χ2n) is 4.91. The molecule has 1 fully saturated rings. The summed E-state index contributed by atoms with van der Waals surface area (Å²) < 4.78 is 0. The Morgan fingerprint density at radius 1 is 1.41 bits per heavy atom. The van der Waals surface area contributed by atoms with Crippen LogP contribution in [0.1, 0.15) is 46.0 Å². The summed E-state index contributed by atoms with van der Waals surface area (Å²) in [6.45, 7) is 5.55. The second kappa shape index (κ2) is 6.93. The van der Waals surface area contributed by atoms with Crippen LogP contribution in [0.15, 0.2) is 4.99 Å². The molecule has 1 N–H and O–H groups in total. The molecule has 0 amide bonds. The van der Waals surface area contributed by atoms with Crippen molar-refractivity contribution in [2.24, 2.45) is 4.99 Å². The third-order valence-electron chi connectivity index (χ3n) is 3.44. The fourth-order valence-corrected chi connectivity index (χ4v) is 4.95. The molecule has 0 saturated heterocycles. The predicted octanol–water partition coefficient (Wildman–Crippen LogP) is 3.52. The van der Waals surface area contributed by atoms with E-state index in [0.717, 1.165) is 17.0 Å². The first kappa shape index (κ1) is 13.6. The standard InChI is InChI=1S/C13H24N2S2/c1-3-5-12-9-14-13(17-12)15-10-6-7-11(8-10)16-4-2/h10-12H,3-9H2,1-2H3,(H,14,15). The van der Waals surface area contributed by atoms with Gasteiger partial charge in [0.05, 0.1) is 6.54 Å². The molecular formula is C13H24N2S2. The first-order valence-electron chi connectivity index (χ1n) is 6.91. The molecule has 98 valence electrons. The molecule has 0 aromatic carbocycles. The van der Waals surface area contributed by atoms with Crippen LogP contribution in [0.4, 0.5) is 0 Å². The van der Waals surface area contributed by atoms with Gasteiger partial charge in [0.25, 0.3) is 0 Å². The van der Waals surface area contributed by atoms with Gasteiger partial charge in [-0.05, 0) is 31.4 Å². The van der Waals surface area contributed by atoms with Crippen molar-refractivity contribution < 1.29 is 0 Å². The minimum Gasteiger partial charge on any atom is -0.362 e. The van der Waals surface area contributed by atoms with Gasteiger partial charge in [0, 0.05) is 16.5 Å². The van der Waals surface area contributed by atoms with Crippen LogP contribution >= 0.6 is 23.5 Å². The highest BCUT2D eigenvalue weighted by Crippen LogP contribution is 2.31. The van der Waals surface area contributed by atoms with Gasteiger partial charge in [0.15, 0.2) is 5.17 Å². The lowest BCUT2D eigenvalue weighted by atomic mass is 10.2. The lowest BCUT2D eigenvalue weighted by Crippen LogP contribution is -2.30. The molecule has 1 heterocycles. The van der Waals surface area contributed by atoms with E-state index in [2.05, 4.69) is 35.9 Å². The number of hydrogen-bond acceptors (Lipinski definition) is 4. The molecule has 0 aromatic heterocycles. The molecule has 0 bridgehead atoms. The molecular weight excluding hydrogens is 248 g/mol. The van der Waals surface area contributed by atoms with E-state index in [1.165, 1.54) is 43.0 Å². The van der Waals surface area contributed by atoms with E-state index >= 15 is 0 Å². The molecule has 1 aliphatic carbocycles. The molecule has 1 saturated carbocycles. The third-order valence-corrected chi connectivity index (χ3v) is 5.86. The Bertz CT molecular complexity index is 268. The van der Waals surface area contributed by atoms with E-state index in [0.29, 0.717) is 6.04 Å². The fraction of sp³-hybridized carbons (Fsp3) is 0.923. The van der Waals surface area contributed by atoms with Gasteiger partial charge in [-0.2, -0.15) is 11.8 Å². The van der Waals surface area contributed by atoms with Crippen molar-refractivity contribution in [3.05, 3.63) is 0 Å². The fourth-order valence-electron chi connectivity index (χ4n) is 2.60. The summed E-state index contributed by atoms with van der Waals surface area (Å²) in [6, 6.07) is 0.686. The lowest BCUT2D eigenvalue weighted by Gasteiger charge is -2.14. The smallest absolute Gasteiger partial charge is 0.157 e. The number of thioether (sulfide) groups is 2. The largest absolute Gasteiger partial charge is 0.362 e. The van der Waals surface area contributed by atoms with Crippen molar-refractivity contribution in [3.63, 3.8) is 0 Å². The first-order chi connectivity index (χ1) is 8.31. The second-order valence-corrected chi connectivity index (χ2v) is 7.77. The van der Waals surface area contributed by atoms with Crippen LogP contribution in [-0.4, -0.2) is 34.0 Å². The number of nitrogens with one attached hydrogen (secondary N) is 1. The summed E-state index contributed by atoms with van der Waals surface area (Å²) in [5, 5.41) is 6.50. The zero-order chi connectivity index (χ0) is 12.1. The molecule has 1 aliphatic heterocycles. The first-order valence-corrected chi connectivity index (χ1v) is 8.83. The van der Waals surface area contributed by atoms with Crippen LogP contribution in [0.3, 0.4) is 0 Å².